The van der Waals surface area contributed by atoms with Crippen molar-refractivity contribution in [2.45, 2.75) is 17.7 Å². The highest BCUT2D eigenvalue weighted by Crippen LogP contribution is 2.29. The molecule has 0 radical (unpaired) electrons. The summed E-state index contributed by atoms with van der Waals surface area (Å²) < 4.78 is 46.4. The standard InChI is InChI=1S/C14H20BrFN2O3S/c1-21-10-14(4-6-17-7-5-14)9-18-22(19,20)13-8-11(16)2-3-12(13)15/h2-3,8,17-18H,4-7,9-10H2,1H3. The van der Waals surface area contributed by atoms with E-state index in [1.807, 2.05) is 0 Å². The highest BCUT2D eigenvalue weighted by molar-refractivity contribution is 9.10. The molecule has 8 heteroatoms. The SMILES string of the molecule is COCC1(CNS(=O)(=O)c2cc(F)ccc2Br)CCNCC1. The van der Waals surface area contributed by atoms with Gasteiger partial charge >= 0.3 is 0 Å². The first kappa shape index (κ1) is 17.8. The lowest BCUT2D eigenvalue weighted by Crippen LogP contribution is -2.47. The highest BCUT2D eigenvalue weighted by Gasteiger charge is 2.34. The molecular formula is C14H20BrFN2O3S. The fourth-order valence-corrected chi connectivity index (χ4v) is 4.77. The third kappa shape index (κ3) is 4.26. The number of ether oxygens (including phenoxy) is 1. The Kier molecular flexibility index (Phi) is 5.95. The van der Waals surface area contributed by atoms with Crippen LogP contribution in [-0.2, 0) is 14.8 Å². The van der Waals surface area contributed by atoms with E-state index in [1.165, 1.54) is 12.1 Å². The molecular weight excluding hydrogens is 375 g/mol. The Morgan fingerprint density at radius 1 is 1.41 bits per heavy atom. The van der Waals surface area contributed by atoms with Crippen molar-refractivity contribution in [3.05, 3.63) is 28.5 Å². The maximum atomic E-state index is 13.3. The quantitative estimate of drug-likeness (QED) is 0.772. The summed E-state index contributed by atoms with van der Waals surface area (Å²) >= 11 is 3.16. The molecule has 0 saturated carbocycles. The number of methoxy groups -OCH3 is 1. The predicted octanol–water partition coefficient (Wildman–Crippen LogP) is 1.88. The van der Waals surface area contributed by atoms with Crippen molar-refractivity contribution in [2.24, 2.45) is 5.41 Å². The van der Waals surface area contributed by atoms with Crippen LogP contribution >= 0.6 is 15.9 Å². The average Bonchev–Trinajstić information content (AvgIpc) is 2.49. The van der Waals surface area contributed by atoms with Crippen molar-refractivity contribution in [3.63, 3.8) is 0 Å². The van der Waals surface area contributed by atoms with Crippen LogP contribution in [0, 0.1) is 11.2 Å². The number of hydrogen-bond donors (Lipinski definition) is 2. The van der Waals surface area contributed by atoms with E-state index in [0.29, 0.717) is 11.1 Å². The van der Waals surface area contributed by atoms with E-state index in [0.717, 1.165) is 32.0 Å². The van der Waals surface area contributed by atoms with E-state index < -0.39 is 15.8 Å². The van der Waals surface area contributed by atoms with Crippen molar-refractivity contribution in [1.82, 2.24) is 10.0 Å². The lowest BCUT2D eigenvalue weighted by atomic mass is 9.80. The molecule has 1 heterocycles. The van der Waals surface area contributed by atoms with E-state index in [4.69, 9.17) is 4.74 Å². The number of piperidine rings is 1. The van der Waals surface area contributed by atoms with Crippen molar-refractivity contribution < 1.29 is 17.5 Å². The number of nitrogens with one attached hydrogen (secondary N) is 2. The van der Waals surface area contributed by atoms with E-state index in [1.54, 1.807) is 7.11 Å². The normalized spacial score (nSPS) is 18.3. The molecule has 1 aromatic carbocycles. The first-order chi connectivity index (χ1) is 10.4. The molecule has 5 nitrogen and oxygen atoms in total. The fourth-order valence-electron chi connectivity index (χ4n) is 2.64. The lowest BCUT2D eigenvalue weighted by molar-refractivity contribution is 0.0577. The average molecular weight is 395 g/mol. The minimum Gasteiger partial charge on any atom is -0.384 e. The van der Waals surface area contributed by atoms with Crippen LogP contribution in [0.1, 0.15) is 12.8 Å². The minimum absolute atomic E-state index is 0.0889. The molecule has 0 aromatic heterocycles. The third-order valence-electron chi connectivity index (χ3n) is 3.93. The Bertz CT molecular complexity index is 613. The molecule has 0 atom stereocenters. The summed E-state index contributed by atoms with van der Waals surface area (Å²) in [5.74, 6) is -0.586. The molecule has 1 aliphatic heterocycles. The largest absolute Gasteiger partial charge is 0.384 e. The van der Waals surface area contributed by atoms with Gasteiger partial charge in [-0.3, -0.25) is 0 Å². The molecule has 22 heavy (non-hydrogen) atoms. The van der Waals surface area contributed by atoms with E-state index >= 15 is 0 Å². The monoisotopic (exact) mass is 394 g/mol. The number of hydrogen-bond acceptors (Lipinski definition) is 4. The molecule has 0 aliphatic carbocycles. The van der Waals surface area contributed by atoms with E-state index in [-0.39, 0.29) is 16.9 Å². The Morgan fingerprint density at radius 2 is 2.09 bits per heavy atom. The van der Waals surface area contributed by atoms with Crippen molar-refractivity contribution >= 4 is 26.0 Å². The van der Waals surface area contributed by atoms with Gasteiger partial charge in [0.15, 0.2) is 0 Å². The van der Waals surface area contributed by atoms with Gasteiger partial charge in [0.05, 0.1) is 11.5 Å². The summed E-state index contributed by atoms with van der Waals surface area (Å²) in [7, 11) is -2.17. The molecule has 1 aliphatic rings. The van der Waals surface area contributed by atoms with Gasteiger partial charge in [0.1, 0.15) is 5.82 Å². The van der Waals surface area contributed by atoms with Crippen LogP contribution in [0.5, 0.6) is 0 Å². The van der Waals surface area contributed by atoms with Gasteiger partial charge in [0, 0.05) is 23.5 Å². The van der Waals surface area contributed by atoms with Crippen LogP contribution in [0.2, 0.25) is 0 Å². The van der Waals surface area contributed by atoms with Crippen molar-refractivity contribution in [2.75, 3.05) is 33.4 Å². The smallest absolute Gasteiger partial charge is 0.241 e. The second kappa shape index (κ2) is 7.35. The molecule has 1 aromatic rings. The van der Waals surface area contributed by atoms with Crippen molar-refractivity contribution in [1.29, 1.82) is 0 Å². The van der Waals surface area contributed by atoms with E-state index in [9.17, 15) is 12.8 Å². The second-order valence-electron chi connectivity index (χ2n) is 5.58. The Morgan fingerprint density at radius 3 is 2.73 bits per heavy atom. The number of sulfonamides is 1. The van der Waals surface area contributed by atoms with Crippen LogP contribution in [0.4, 0.5) is 4.39 Å². The zero-order valence-electron chi connectivity index (χ0n) is 12.4. The van der Waals surface area contributed by atoms with Crippen LogP contribution in [0.25, 0.3) is 0 Å². The molecule has 2 rings (SSSR count). The molecule has 0 spiro atoms. The van der Waals surface area contributed by atoms with Gasteiger partial charge < -0.3 is 10.1 Å². The van der Waals surface area contributed by atoms with Gasteiger partial charge in [0.2, 0.25) is 10.0 Å². The molecule has 1 fully saturated rings. The molecule has 1 saturated heterocycles. The fraction of sp³-hybridized carbons (Fsp3) is 0.571. The van der Waals surface area contributed by atoms with Gasteiger partial charge in [-0.1, -0.05) is 0 Å². The molecule has 0 unspecified atom stereocenters. The summed E-state index contributed by atoms with van der Waals surface area (Å²) in [5.41, 5.74) is -0.229. The third-order valence-corrected chi connectivity index (χ3v) is 6.33. The second-order valence-corrected chi connectivity index (χ2v) is 8.17. The Labute approximate surface area is 138 Å². The number of rotatable bonds is 6. The molecule has 0 bridgehead atoms. The van der Waals surface area contributed by atoms with Gasteiger partial charge in [0.25, 0.3) is 0 Å². The zero-order valence-corrected chi connectivity index (χ0v) is 14.8. The maximum absolute atomic E-state index is 13.3. The summed E-state index contributed by atoms with van der Waals surface area (Å²) in [4.78, 5) is -0.0889. The van der Waals surface area contributed by atoms with Gasteiger partial charge in [-0.15, -0.1) is 0 Å². The first-order valence-corrected chi connectivity index (χ1v) is 9.31. The minimum atomic E-state index is -3.78. The Hall–Kier alpha value is -0.540. The van der Waals surface area contributed by atoms with Gasteiger partial charge in [-0.05, 0) is 60.1 Å². The lowest BCUT2D eigenvalue weighted by Gasteiger charge is -2.37. The molecule has 2 N–H and O–H groups in total. The molecule has 0 amide bonds. The van der Waals surface area contributed by atoms with Crippen LogP contribution in [-0.4, -0.2) is 41.8 Å². The maximum Gasteiger partial charge on any atom is 0.241 e. The zero-order chi connectivity index (χ0) is 16.2. The van der Waals surface area contributed by atoms with Gasteiger partial charge in [-0.25, -0.2) is 17.5 Å². The number of benzene rings is 1. The van der Waals surface area contributed by atoms with Crippen LogP contribution in [0.3, 0.4) is 0 Å². The van der Waals surface area contributed by atoms with Gasteiger partial charge in [-0.2, -0.15) is 0 Å². The summed E-state index contributed by atoms with van der Waals surface area (Å²) in [5, 5.41) is 3.25. The van der Waals surface area contributed by atoms with Crippen LogP contribution < -0.4 is 10.0 Å². The molecule has 124 valence electrons. The number of halogens is 2. The summed E-state index contributed by atoms with van der Waals surface area (Å²) in [6, 6.07) is 3.61. The van der Waals surface area contributed by atoms with E-state index in [2.05, 4.69) is 26.0 Å². The summed E-state index contributed by atoms with van der Waals surface area (Å²) in [6.45, 7) is 2.42. The predicted molar refractivity (Wildman–Crippen MR) is 85.7 cm³/mol. The van der Waals surface area contributed by atoms with Crippen molar-refractivity contribution in [3.8, 4) is 0 Å². The first-order valence-electron chi connectivity index (χ1n) is 7.03. The Balaban J connectivity index is 2.15. The highest BCUT2D eigenvalue weighted by atomic mass is 79.9. The summed E-state index contributed by atoms with van der Waals surface area (Å²) in [6.07, 6.45) is 1.65. The van der Waals surface area contributed by atoms with Crippen LogP contribution in [0.15, 0.2) is 27.6 Å². The topological polar surface area (TPSA) is 67.4 Å².